The van der Waals surface area contributed by atoms with Crippen LogP contribution in [0, 0.1) is 0 Å². The average molecular weight is 390 g/mol. The molecule has 0 spiro atoms. The van der Waals surface area contributed by atoms with Gasteiger partial charge in [0.25, 0.3) is 11.8 Å². The Labute approximate surface area is 159 Å². The summed E-state index contributed by atoms with van der Waals surface area (Å²) in [7, 11) is 0. The van der Waals surface area contributed by atoms with E-state index in [-0.39, 0.29) is 13.0 Å². The van der Waals surface area contributed by atoms with E-state index in [1.165, 1.54) is 0 Å². The molecule has 3 rings (SSSR count). The zero-order valence-electron chi connectivity index (χ0n) is 14.0. The fraction of sp³-hybridized carbons (Fsp3) is 0.167. The SMILES string of the molecule is O=C(COc1ccccc1Cl)NNC(=O)C[C@H]1Oc2ccccc2NC1=O. The van der Waals surface area contributed by atoms with Gasteiger partial charge in [-0.3, -0.25) is 25.2 Å². The first-order valence-corrected chi connectivity index (χ1v) is 8.42. The van der Waals surface area contributed by atoms with E-state index in [1.807, 2.05) is 0 Å². The van der Waals surface area contributed by atoms with Crippen molar-refractivity contribution in [3.63, 3.8) is 0 Å². The molecule has 0 unspecified atom stereocenters. The van der Waals surface area contributed by atoms with Crippen molar-refractivity contribution in [2.24, 2.45) is 0 Å². The second-order valence-electron chi connectivity index (χ2n) is 5.61. The van der Waals surface area contributed by atoms with Gasteiger partial charge >= 0.3 is 0 Å². The average Bonchev–Trinajstić information content (AvgIpc) is 2.66. The van der Waals surface area contributed by atoms with E-state index in [4.69, 9.17) is 21.1 Å². The first kappa shape index (κ1) is 18.5. The molecule has 1 heterocycles. The summed E-state index contributed by atoms with van der Waals surface area (Å²) in [5, 5.41) is 3.03. The van der Waals surface area contributed by atoms with Crippen molar-refractivity contribution in [1.82, 2.24) is 10.9 Å². The number of hydrogen-bond acceptors (Lipinski definition) is 5. The zero-order chi connectivity index (χ0) is 19.2. The summed E-state index contributed by atoms with van der Waals surface area (Å²) in [6.45, 7) is -0.336. The number of anilines is 1. The molecule has 1 aliphatic rings. The van der Waals surface area contributed by atoms with Gasteiger partial charge in [0.15, 0.2) is 12.7 Å². The van der Waals surface area contributed by atoms with Crippen molar-refractivity contribution in [3.05, 3.63) is 53.6 Å². The van der Waals surface area contributed by atoms with Gasteiger partial charge < -0.3 is 14.8 Å². The fourth-order valence-corrected chi connectivity index (χ4v) is 2.52. The van der Waals surface area contributed by atoms with Crippen LogP contribution in [0.5, 0.6) is 11.5 Å². The van der Waals surface area contributed by atoms with E-state index in [0.29, 0.717) is 22.2 Å². The lowest BCUT2D eigenvalue weighted by atomic mass is 10.1. The molecule has 1 aliphatic heterocycles. The molecule has 27 heavy (non-hydrogen) atoms. The molecular weight excluding hydrogens is 374 g/mol. The van der Waals surface area contributed by atoms with E-state index in [1.54, 1.807) is 48.5 Å². The maximum Gasteiger partial charge on any atom is 0.276 e. The highest BCUT2D eigenvalue weighted by molar-refractivity contribution is 6.32. The van der Waals surface area contributed by atoms with Crippen LogP contribution in [-0.4, -0.2) is 30.4 Å². The number of nitrogens with one attached hydrogen (secondary N) is 3. The third-order valence-corrected chi connectivity index (χ3v) is 3.93. The standard InChI is InChI=1S/C18H16ClN3O5/c19-11-5-1-3-7-13(11)26-10-17(24)22-21-16(23)9-15-18(25)20-12-6-2-4-8-14(12)27-15/h1-8,15H,9-10H2,(H,20,25)(H,21,23)(H,22,24)/t15-/m1/s1. The van der Waals surface area contributed by atoms with Gasteiger partial charge in [-0.15, -0.1) is 0 Å². The van der Waals surface area contributed by atoms with E-state index in [9.17, 15) is 14.4 Å². The zero-order valence-corrected chi connectivity index (χ0v) is 14.8. The lowest BCUT2D eigenvalue weighted by Gasteiger charge is -2.25. The van der Waals surface area contributed by atoms with Crippen molar-refractivity contribution in [3.8, 4) is 11.5 Å². The quantitative estimate of drug-likeness (QED) is 0.674. The molecule has 3 amide bonds. The van der Waals surface area contributed by atoms with Crippen LogP contribution in [0.1, 0.15) is 6.42 Å². The Morgan fingerprint density at radius 3 is 2.59 bits per heavy atom. The van der Waals surface area contributed by atoms with Crippen molar-refractivity contribution < 1.29 is 23.9 Å². The Morgan fingerprint density at radius 1 is 1.07 bits per heavy atom. The Bertz CT molecular complexity index is 874. The van der Waals surface area contributed by atoms with Crippen LogP contribution in [0.4, 0.5) is 5.69 Å². The largest absolute Gasteiger partial charge is 0.482 e. The third kappa shape index (κ3) is 4.89. The first-order valence-electron chi connectivity index (χ1n) is 8.04. The van der Waals surface area contributed by atoms with Gasteiger partial charge in [-0.1, -0.05) is 35.9 Å². The molecule has 2 aromatic carbocycles. The number of fused-ring (bicyclic) bond motifs is 1. The summed E-state index contributed by atoms with van der Waals surface area (Å²) in [6.07, 6.45) is -1.25. The number of para-hydroxylation sites is 3. The van der Waals surface area contributed by atoms with Gasteiger partial charge in [-0.2, -0.15) is 0 Å². The molecule has 0 saturated carbocycles. The number of carbonyl (C=O) groups excluding carboxylic acids is 3. The molecule has 2 aromatic rings. The molecule has 9 heteroatoms. The number of amides is 3. The monoisotopic (exact) mass is 389 g/mol. The summed E-state index contributed by atoms with van der Waals surface area (Å²) >= 11 is 5.92. The number of rotatable bonds is 5. The highest BCUT2D eigenvalue weighted by Gasteiger charge is 2.29. The Morgan fingerprint density at radius 2 is 1.78 bits per heavy atom. The molecule has 0 saturated heterocycles. The lowest BCUT2D eigenvalue weighted by molar-refractivity contribution is -0.133. The van der Waals surface area contributed by atoms with Crippen LogP contribution >= 0.6 is 11.6 Å². The minimum Gasteiger partial charge on any atom is -0.482 e. The molecule has 1 atom stereocenters. The number of carbonyl (C=O) groups is 3. The van der Waals surface area contributed by atoms with Crippen LogP contribution in [0.15, 0.2) is 48.5 Å². The number of hydrazine groups is 1. The topological polar surface area (TPSA) is 106 Å². The molecule has 3 N–H and O–H groups in total. The minimum atomic E-state index is -0.990. The Balaban J connectivity index is 1.44. The molecule has 140 valence electrons. The predicted molar refractivity (Wildman–Crippen MR) is 97.3 cm³/mol. The smallest absolute Gasteiger partial charge is 0.276 e. The minimum absolute atomic E-state index is 0.258. The third-order valence-electron chi connectivity index (χ3n) is 3.61. The van der Waals surface area contributed by atoms with Crippen molar-refractivity contribution in [2.75, 3.05) is 11.9 Å². The van der Waals surface area contributed by atoms with Gasteiger partial charge in [0.2, 0.25) is 5.91 Å². The van der Waals surface area contributed by atoms with E-state index in [0.717, 1.165) is 0 Å². The highest BCUT2D eigenvalue weighted by atomic mass is 35.5. The predicted octanol–water partition coefficient (Wildman–Crippen LogP) is 1.66. The van der Waals surface area contributed by atoms with Crippen LogP contribution < -0.4 is 25.6 Å². The number of hydrogen-bond donors (Lipinski definition) is 3. The van der Waals surface area contributed by atoms with Gasteiger partial charge in [0.1, 0.15) is 11.5 Å². The van der Waals surface area contributed by atoms with Gasteiger partial charge in [-0.25, -0.2) is 0 Å². The number of halogens is 1. The maximum atomic E-state index is 12.0. The van der Waals surface area contributed by atoms with Crippen LogP contribution in [-0.2, 0) is 14.4 Å². The maximum absolute atomic E-state index is 12.0. The fourth-order valence-electron chi connectivity index (χ4n) is 2.33. The molecule has 0 aliphatic carbocycles. The van der Waals surface area contributed by atoms with E-state index < -0.39 is 23.8 Å². The Kier molecular flexibility index (Phi) is 5.77. The number of benzene rings is 2. The first-order chi connectivity index (χ1) is 13.0. The summed E-state index contributed by atoms with van der Waals surface area (Å²) in [4.78, 5) is 35.7. The second kappa shape index (κ2) is 8.41. The molecule has 0 fully saturated rings. The molecule has 0 radical (unpaired) electrons. The second-order valence-corrected chi connectivity index (χ2v) is 6.02. The van der Waals surface area contributed by atoms with Gasteiger partial charge in [-0.05, 0) is 24.3 Å². The van der Waals surface area contributed by atoms with E-state index >= 15 is 0 Å². The summed E-state index contributed by atoms with van der Waals surface area (Å²) in [5.41, 5.74) is 4.96. The van der Waals surface area contributed by atoms with Crippen molar-refractivity contribution in [2.45, 2.75) is 12.5 Å². The molecule has 8 nitrogen and oxygen atoms in total. The van der Waals surface area contributed by atoms with E-state index in [2.05, 4.69) is 16.2 Å². The summed E-state index contributed by atoms with van der Waals surface area (Å²) in [5.74, 6) is -0.765. The van der Waals surface area contributed by atoms with Crippen LogP contribution in [0.2, 0.25) is 5.02 Å². The Hall–Kier alpha value is -3.26. The van der Waals surface area contributed by atoms with Gasteiger partial charge in [0.05, 0.1) is 17.1 Å². The van der Waals surface area contributed by atoms with Crippen molar-refractivity contribution in [1.29, 1.82) is 0 Å². The van der Waals surface area contributed by atoms with Gasteiger partial charge in [0, 0.05) is 0 Å². The molecular formula is C18H16ClN3O5. The van der Waals surface area contributed by atoms with Crippen LogP contribution in [0.3, 0.4) is 0 Å². The normalized spacial score (nSPS) is 15.0. The molecule has 0 aromatic heterocycles. The lowest BCUT2D eigenvalue weighted by Crippen LogP contribution is -2.47. The summed E-state index contributed by atoms with van der Waals surface area (Å²) in [6, 6.07) is 13.6. The summed E-state index contributed by atoms with van der Waals surface area (Å²) < 4.78 is 10.8. The molecule has 0 bridgehead atoms. The number of ether oxygens (including phenoxy) is 2. The van der Waals surface area contributed by atoms with Crippen molar-refractivity contribution >= 4 is 35.0 Å². The highest BCUT2D eigenvalue weighted by Crippen LogP contribution is 2.29. The van der Waals surface area contributed by atoms with Crippen LogP contribution in [0.25, 0.3) is 0 Å².